The number of anilines is 1. The van der Waals surface area contributed by atoms with Crippen LogP contribution in [0.25, 0.3) is 0 Å². The first-order chi connectivity index (χ1) is 13.5. The maximum Gasteiger partial charge on any atom is 0.321 e. The number of ketones is 1. The lowest BCUT2D eigenvalue weighted by atomic mass is 9.72. The average Bonchev–Trinajstić information content (AvgIpc) is 3.26. The monoisotopic (exact) mass is 384 g/mol. The second kappa shape index (κ2) is 7.35. The van der Waals surface area contributed by atoms with E-state index in [1.807, 2.05) is 0 Å². The molecule has 1 unspecified atom stereocenters. The second-order valence-electron chi connectivity index (χ2n) is 7.65. The molecule has 1 aromatic heterocycles. The van der Waals surface area contributed by atoms with Crippen molar-refractivity contribution < 1.29 is 18.8 Å². The van der Waals surface area contributed by atoms with Crippen molar-refractivity contribution in [2.75, 3.05) is 31.6 Å². The predicted molar refractivity (Wildman–Crippen MR) is 101 cm³/mol. The number of carbonyl (C=O) groups is 2. The minimum atomic E-state index is -0.190. The van der Waals surface area contributed by atoms with E-state index in [1.165, 1.54) is 6.92 Å². The number of ether oxygens (including phenoxy) is 1. The van der Waals surface area contributed by atoms with Crippen molar-refractivity contribution in [2.45, 2.75) is 32.6 Å². The number of aryl methyl sites for hydroxylation is 1. The molecule has 2 aliphatic rings. The van der Waals surface area contributed by atoms with Gasteiger partial charge in [-0.15, -0.1) is 0 Å². The normalized spacial score (nSPS) is 21.1. The summed E-state index contributed by atoms with van der Waals surface area (Å²) in [4.78, 5) is 30.8. The number of aromatic nitrogens is 2. The summed E-state index contributed by atoms with van der Waals surface area (Å²) in [7, 11) is 0. The lowest BCUT2D eigenvalue weighted by Gasteiger charge is -2.36. The number of nitrogens with zero attached hydrogens (tertiary/aromatic N) is 3. The Hall–Kier alpha value is -2.74. The summed E-state index contributed by atoms with van der Waals surface area (Å²) >= 11 is 0. The Kier molecular flexibility index (Phi) is 4.89. The predicted octanol–water partition coefficient (Wildman–Crippen LogP) is 3.01. The molecule has 2 aromatic rings. The van der Waals surface area contributed by atoms with Gasteiger partial charge in [-0.2, -0.15) is 4.98 Å². The topological polar surface area (TPSA) is 97.6 Å². The molecule has 148 valence electrons. The molecule has 1 N–H and O–H groups in total. The summed E-state index contributed by atoms with van der Waals surface area (Å²) in [5, 5.41) is 6.85. The molecule has 28 heavy (non-hydrogen) atoms. The Morgan fingerprint density at radius 3 is 2.75 bits per heavy atom. The highest BCUT2D eigenvalue weighted by Crippen LogP contribution is 2.49. The van der Waals surface area contributed by atoms with Crippen molar-refractivity contribution >= 4 is 17.5 Å². The van der Waals surface area contributed by atoms with Gasteiger partial charge in [0.25, 0.3) is 0 Å². The third-order valence-electron chi connectivity index (χ3n) is 5.79. The standard InChI is InChI=1S/C20H24N4O4/c1-13(25)15-4-3-5-16(10-15)22-19(26)24-11-17(18-21-14(2)23-28-18)20(12-24)6-8-27-9-7-20/h3-5,10,17H,6-9,11-12H2,1-2H3,(H,22,26). The molecule has 2 amide bonds. The van der Waals surface area contributed by atoms with Crippen LogP contribution in [0.3, 0.4) is 0 Å². The van der Waals surface area contributed by atoms with Crippen molar-refractivity contribution in [2.24, 2.45) is 5.41 Å². The number of carbonyl (C=O) groups excluding carboxylic acids is 2. The molecular formula is C20H24N4O4. The van der Waals surface area contributed by atoms with Crippen molar-refractivity contribution in [3.05, 3.63) is 41.5 Å². The van der Waals surface area contributed by atoms with Gasteiger partial charge in [-0.05, 0) is 38.8 Å². The quantitative estimate of drug-likeness (QED) is 0.817. The van der Waals surface area contributed by atoms with E-state index < -0.39 is 0 Å². The first-order valence-electron chi connectivity index (χ1n) is 9.52. The Balaban J connectivity index is 1.54. The molecule has 0 aliphatic carbocycles. The number of hydrogen-bond acceptors (Lipinski definition) is 6. The number of Topliss-reactive ketones (excluding diaryl/α,β-unsaturated/α-hetero) is 1. The van der Waals surface area contributed by atoms with Crippen molar-refractivity contribution in [3.8, 4) is 0 Å². The molecule has 0 radical (unpaired) electrons. The van der Waals surface area contributed by atoms with Gasteiger partial charge in [0.1, 0.15) is 0 Å². The minimum absolute atomic E-state index is 0.00750. The molecule has 1 spiro atoms. The Morgan fingerprint density at radius 2 is 2.07 bits per heavy atom. The van der Waals surface area contributed by atoms with Crippen LogP contribution in [-0.4, -0.2) is 53.2 Å². The lowest BCUT2D eigenvalue weighted by molar-refractivity contribution is 0.00959. The maximum absolute atomic E-state index is 12.9. The number of likely N-dealkylation sites (tertiary alicyclic amines) is 1. The van der Waals surface area contributed by atoms with E-state index in [4.69, 9.17) is 9.26 Å². The highest BCUT2D eigenvalue weighted by molar-refractivity contribution is 5.96. The van der Waals surface area contributed by atoms with Crippen molar-refractivity contribution in [3.63, 3.8) is 0 Å². The molecule has 0 bridgehead atoms. The summed E-state index contributed by atoms with van der Waals surface area (Å²) in [6.07, 6.45) is 1.70. The second-order valence-corrected chi connectivity index (χ2v) is 7.65. The van der Waals surface area contributed by atoms with E-state index in [0.29, 0.717) is 49.3 Å². The summed E-state index contributed by atoms with van der Waals surface area (Å²) in [5.41, 5.74) is 1.06. The van der Waals surface area contributed by atoms with Gasteiger partial charge in [0.05, 0.1) is 5.92 Å². The van der Waals surface area contributed by atoms with Crippen LogP contribution in [0.5, 0.6) is 0 Å². The van der Waals surface area contributed by atoms with Crippen LogP contribution in [0.2, 0.25) is 0 Å². The van der Waals surface area contributed by atoms with Crippen molar-refractivity contribution in [1.29, 1.82) is 0 Å². The smallest absolute Gasteiger partial charge is 0.321 e. The third-order valence-corrected chi connectivity index (χ3v) is 5.79. The number of hydrogen-bond donors (Lipinski definition) is 1. The summed E-state index contributed by atoms with van der Waals surface area (Å²) in [5.74, 6) is 1.14. The van der Waals surface area contributed by atoms with Crippen LogP contribution in [0, 0.1) is 12.3 Å². The highest BCUT2D eigenvalue weighted by Gasteiger charge is 2.51. The van der Waals surface area contributed by atoms with Gasteiger partial charge in [0.2, 0.25) is 5.89 Å². The molecular weight excluding hydrogens is 360 g/mol. The number of benzene rings is 1. The number of urea groups is 1. The van der Waals surface area contributed by atoms with Gasteiger partial charge in [0, 0.05) is 43.0 Å². The fourth-order valence-corrected chi connectivity index (χ4v) is 4.22. The summed E-state index contributed by atoms with van der Waals surface area (Å²) in [6, 6.07) is 6.78. The molecule has 3 heterocycles. The van der Waals surface area contributed by atoms with E-state index in [1.54, 1.807) is 36.1 Å². The summed E-state index contributed by atoms with van der Waals surface area (Å²) < 4.78 is 11.0. The van der Waals surface area contributed by atoms with E-state index in [-0.39, 0.29) is 23.1 Å². The van der Waals surface area contributed by atoms with Crippen LogP contribution < -0.4 is 5.32 Å². The molecule has 4 rings (SSSR count). The van der Waals surface area contributed by atoms with E-state index >= 15 is 0 Å². The molecule has 8 heteroatoms. The SMILES string of the molecule is CC(=O)c1cccc(NC(=O)N2CC(c3nc(C)no3)C3(CCOCC3)C2)c1. The van der Waals surface area contributed by atoms with Crippen LogP contribution in [0.4, 0.5) is 10.5 Å². The van der Waals surface area contributed by atoms with Crippen LogP contribution in [0.15, 0.2) is 28.8 Å². The van der Waals surface area contributed by atoms with E-state index in [2.05, 4.69) is 15.5 Å². The first kappa shape index (κ1) is 18.6. The molecule has 2 fully saturated rings. The number of rotatable bonds is 3. The molecule has 1 aromatic carbocycles. The van der Waals surface area contributed by atoms with E-state index in [0.717, 1.165) is 12.8 Å². The Bertz CT molecular complexity index is 888. The van der Waals surface area contributed by atoms with Crippen LogP contribution in [0.1, 0.15) is 47.8 Å². The van der Waals surface area contributed by atoms with E-state index in [9.17, 15) is 9.59 Å². The van der Waals surface area contributed by atoms with Gasteiger partial charge < -0.3 is 19.5 Å². The number of nitrogens with one attached hydrogen (secondary N) is 1. The first-order valence-corrected chi connectivity index (χ1v) is 9.52. The van der Waals surface area contributed by atoms with Crippen molar-refractivity contribution in [1.82, 2.24) is 15.0 Å². The average molecular weight is 384 g/mol. The molecule has 2 saturated heterocycles. The molecule has 0 saturated carbocycles. The Labute approximate surface area is 163 Å². The van der Waals surface area contributed by atoms with Gasteiger partial charge in [-0.3, -0.25) is 4.79 Å². The van der Waals surface area contributed by atoms with Crippen LogP contribution >= 0.6 is 0 Å². The minimum Gasteiger partial charge on any atom is -0.381 e. The Morgan fingerprint density at radius 1 is 1.29 bits per heavy atom. The highest BCUT2D eigenvalue weighted by atomic mass is 16.5. The fourth-order valence-electron chi connectivity index (χ4n) is 4.22. The maximum atomic E-state index is 12.9. The van der Waals surface area contributed by atoms with Gasteiger partial charge in [-0.25, -0.2) is 4.79 Å². The third kappa shape index (κ3) is 3.52. The molecule has 2 aliphatic heterocycles. The van der Waals surface area contributed by atoms with Crippen LogP contribution in [-0.2, 0) is 4.74 Å². The zero-order valence-electron chi connectivity index (χ0n) is 16.1. The van der Waals surface area contributed by atoms with Gasteiger partial charge in [-0.1, -0.05) is 17.3 Å². The number of amides is 2. The zero-order valence-corrected chi connectivity index (χ0v) is 16.1. The lowest BCUT2D eigenvalue weighted by Crippen LogP contribution is -2.38. The zero-order chi connectivity index (χ0) is 19.7. The largest absolute Gasteiger partial charge is 0.381 e. The fraction of sp³-hybridized carbons (Fsp3) is 0.500. The van der Waals surface area contributed by atoms with Gasteiger partial charge in [0.15, 0.2) is 11.6 Å². The van der Waals surface area contributed by atoms with Gasteiger partial charge >= 0.3 is 6.03 Å². The molecule has 1 atom stereocenters. The molecule has 8 nitrogen and oxygen atoms in total. The summed E-state index contributed by atoms with van der Waals surface area (Å²) in [6.45, 7) is 5.76.